The van der Waals surface area contributed by atoms with Gasteiger partial charge in [0, 0.05) is 11.2 Å². The van der Waals surface area contributed by atoms with Crippen LogP contribution in [0.1, 0.15) is 19.4 Å². The van der Waals surface area contributed by atoms with Crippen molar-refractivity contribution in [3.63, 3.8) is 0 Å². The molecule has 88 valence electrons. The number of nitrogens with two attached hydrogens (primary N) is 1. The summed E-state index contributed by atoms with van der Waals surface area (Å²) in [6.07, 6.45) is -0.484. The largest absolute Gasteiger partial charge is 0.447 e. The Labute approximate surface area is 95.8 Å². The zero-order chi connectivity index (χ0) is 12.2. The van der Waals surface area contributed by atoms with Gasteiger partial charge >= 0.3 is 6.09 Å². The number of carbonyl (C=O) groups is 1. The molecule has 16 heavy (non-hydrogen) atoms. The van der Waals surface area contributed by atoms with E-state index in [9.17, 15) is 4.79 Å². The summed E-state index contributed by atoms with van der Waals surface area (Å²) in [4.78, 5) is 11.4. The Morgan fingerprint density at radius 2 is 1.94 bits per heavy atom. The summed E-state index contributed by atoms with van der Waals surface area (Å²) < 4.78 is 4.97. The second kappa shape index (κ2) is 4.99. The molecule has 1 rings (SSSR count). The molecular formula is C12H18N2O2. The standard InChI is InChI=1S/C12H18N2O2/c1-9-4-6-10(7-5-9)14-11(15)16-8-12(2,3)13/h4-7H,8,13H2,1-3H3,(H,14,15). The van der Waals surface area contributed by atoms with Gasteiger partial charge in [-0.05, 0) is 32.9 Å². The lowest BCUT2D eigenvalue weighted by Crippen LogP contribution is -2.38. The molecule has 0 aromatic heterocycles. The van der Waals surface area contributed by atoms with Crippen molar-refractivity contribution < 1.29 is 9.53 Å². The molecule has 0 heterocycles. The first-order chi connectivity index (χ1) is 7.37. The predicted octanol–water partition coefficient (Wildman–Crippen LogP) is 2.28. The molecule has 3 N–H and O–H groups in total. The Balaban J connectivity index is 2.43. The fraction of sp³-hybridized carbons (Fsp3) is 0.417. The number of nitrogens with one attached hydrogen (secondary N) is 1. The third kappa shape index (κ3) is 4.79. The topological polar surface area (TPSA) is 64.3 Å². The Bertz CT molecular complexity index is 352. The summed E-state index contributed by atoms with van der Waals surface area (Å²) in [5.41, 5.74) is 7.04. The van der Waals surface area contributed by atoms with Crippen LogP contribution >= 0.6 is 0 Å². The van der Waals surface area contributed by atoms with E-state index < -0.39 is 11.6 Å². The highest BCUT2D eigenvalue weighted by Gasteiger charge is 2.13. The lowest BCUT2D eigenvalue weighted by Gasteiger charge is -2.18. The summed E-state index contributed by atoms with van der Waals surface area (Å²) in [5, 5.41) is 2.62. The van der Waals surface area contributed by atoms with Gasteiger partial charge in [-0.15, -0.1) is 0 Å². The van der Waals surface area contributed by atoms with Crippen LogP contribution in [-0.4, -0.2) is 18.2 Å². The van der Waals surface area contributed by atoms with Crippen molar-refractivity contribution in [3.8, 4) is 0 Å². The number of ether oxygens (including phenoxy) is 1. The van der Waals surface area contributed by atoms with Crippen molar-refractivity contribution in [2.75, 3.05) is 11.9 Å². The molecular weight excluding hydrogens is 204 g/mol. The molecule has 0 aliphatic heterocycles. The quantitative estimate of drug-likeness (QED) is 0.824. The van der Waals surface area contributed by atoms with Crippen LogP contribution in [0.5, 0.6) is 0 Å². The number of carbonyl (C=O) groups excluding carboxylic acids is 1. The van der Waals surface area contributed by atoms with E-state index in [1.165, 1.54) is 0 Å². The second-order valence-electron chi connectivity index (χ2n) is 4.56. The molecule has 1 amide bonds. The van der Waals surface area contributed by atoms with E-state index in [1.807, 2.05) is 31.2 Å². The van der Waals surface area contributed by atoms with Gasteiger partial charge in [-0.3, -0.25) is 5.32 Å². The molecule has 0 atom stereocenters. The molecule has 0 aliphatic rings. The Kier molecular flexibility index (Phi) is 3.90. The number of rotatable bonds is 3. The van der Waals surface area contributed by atoms with Crippen molar-refractivity contribution in [1.82, 2.24) is 0 Å². The summed E-state index contributed by atoms with van der Waals surface area (Å²) in [5.74, 6) is 0. The van der Waals surface area contributed by atoms with Gasteiger partial charge in [0.05, 0.1) is 0 Å². The molecule has 0 radical (unpaired) electrons. The maximum Gasteiger partial charge on any atom is 0.411 e. The minimum Gasteiger partial charge on any atom is -0.447 e. The van der Waals surface area contributed by atoms with Gasteiger partial charge in [-0.1, -0.05) is 17.7 Å². The van der Waals surface area contributed by atoms with Crippen LogP contribution in [0.4, 0.5) is 10.5 Å². The highest BCUT2D eigenvalue weighted by Crippen LogP contribution is 2.09. The zero-order valence-electron chi connectivity index (χ0n) is 9.91. The van der Waals surface area contributed by atoms with E-state index in [0.717, 1.165) is 5.56 Å². The van der Waals surface area contributed by atoms with Gasteiger partial charge < -0.3 is 10.5 Å². The number of hydrogen-bond donors (Lipinski definition) is 2. The van der Waals surface area contributed by atoms with Crippen LogP contribution in [0.15, 0.2) is 24.3 Å². The molecule has 0 saturated heterocycles. The lowest BCUT2D eigenvalue weighted by molar-refractivity contribution is 0.138. The Morgan fingerprint density at radius 3 is 2.44 bits per heavy atom. The van der Waals surface area contributed by atoms with Gasteiger partial charge in [0.1, 0.15) is 6.61 Å². The SMILES string of the molecule is Cc1ccc(NC(=O)OCC(C)(C)N)cc1. The van der Waals surface area contributed by atoms with Crippen LogP contribution in [0.2, 0.25) is 0 Å². The van der Waals surface area contributed by atoms with Crippen molar-refractivity contribution in [3.05, 3.63) is 29.8 Å². The molecule has 1 aromatic rings. The average molecular weight is 222 g/mol. The van der Waals surface area contributed by atoms with Crippen molar-refractivity contribution in [2.24, 2.45) is 5.73 Å². The molecule has 0 bridgehead atoms. The van der Waals surface area contributed by atoms with E-state index in [4.69, 9.17) is 10.5 Å². The van der Waals surface area contributed by atoms with Crippen LogP contribution in [0, 0.1) is 6.92 Å². The van der Waals surface area contributed by atoms with Crippen LogP contribution in [0.25, 0.3) is 0 Å². The number of anilines is 1. The third-order valence-corrected chi connectivity index (χ3v) is 1.87. The first-order valence-electron chi connectivity index (χ1n) is 5.16. The summed E-state index contributed by atoms with van der Waals surface area (Å²) in [7, 11) is 0. The molecule has 1 aromatic carbocycles. The maximum atomic E-state index is 11.4. The van der Waals surface area contributed by atoms with Gasteiger partial charge in [0.25, 0.3) is 0 Å². The molecule has 0 spiro atoms. The molecule has 0 fully saturated rings. The summed E-state index contributed by atoms with van der Waals surface area (Å²) >= 11 is 0. The van der Waals surface area contributed by atoms with E-state index in [0.29, 0.717) is 5.69 Å². The molecule has 0 aliphatic carbocycles. The monoisotopic (exact) mass is 222 g/mol. The van der Waals surface area contributed by atoms with Gasteiger partial charge in [0.15, 0.2) is 0 Å². The predicted molar refractivity (Wildman–Crippen MR) is 64.4 cm³/mol. The number of amides is 1. The molecule has 4 nitrogen and oxygen atoms in total. The highest BCUT2D eigenvalue weighted by molar-refractivity contribution is 5.84. The highest BCUT2D eigenvalue weighted by atomic mass is 16.5. The average Bonchev–Trinajstić information content (AvgIpc) is 2.18. The minimum atomic E-state index is -0.509. The Morgan fingerprint density at radius 1 is 1.38 bits per heavy atom. The third-order valence-electron chi connectivity index (χ3n) is 1.87. The fourth-order valence-corrected chi connectivity index (χ4v) is 1.04. The van der Waals surface area contributed by atoms with E-state index in [2.05, 4.69) is 5.32 Å². The first kappa shape index (κ1) is 12.5. The van der Waals surface area contributed by atoms with Crippen LogP contribution in [-0.2, 0) is 4.74 Å². The second-order valence-corrected chi connectivity index (χ2v) is 4.56. The molecule has 0 unspecified atom stereocenters. The molecule has 4 heteroatoms. The van der Waals surface area contributed by atoms with Crippen LogP contribution < -0.4 is 11.1 Å². The summed E-state index contributed by atoms with van der Waals surface area (Å²) in [6, 6.07) is 7.49. The van der Waals surface area contributed by atoms with E-state index in [-0.39, 0.29) is 6.61 Å². The van der Waals surface area contributed by atoms with Crippen LogP contribution in [0.3, 0.4) is 0 Å². The van der Waals surface area contributed by atoms with Crippen molar-refractivity contribution in [2.45, 2.75) is 26.3 Å². The van der Waals surface area contributed by atoms with Gasteiger partial charge in [-0.25, -0.2) is 4.79 Å². The van der Waals surface area contributed by atoms with E-state index in [1.54, 1.807) is 13.8 Å². The van der Waals surface area contributed by atoms with Crippen molar-refractivity contribution >= 4 is 11.8 Å². The number of benzene rings is 1. The van der Waals surface area contributed by atoms with E-state index >= 15 is 0 Å². The summed E-state index contributed by atoms with van der Waals surface area (Å²) in [6.45, 7) is 5.77. The maximum absolute atomic E-state index is 11.4. The normalized spacial score (nSPS) is 11.0. The zero-order valence-corrected chi connectivity index (χ0v) is 9.91. The van der Waals surface area contributed by atoms with Gasteiger partial charge in [0.2, 0.25) is 0 Å². The number of aryl methyl sites for hydroxylation is 1. The molecule has 0 saturated carbocycles. The van der Waals surface area contributed by atoms with Gasteiger partial charge in [-0.2, -0.15) is 0 Å². The Hall–Kier alpha value is -1.55. The lowest BCUT2D eigenvalue weighted by atomic mass is 10.1. The van der Waals surface area contributed by atoms with Crippen molar-refractivity contribution in [1.29, 1.82) is 0 Å². The number of hydrogen-bond acceptors (Lipinski definition) is 3. The fourth-order valence-electron chi connectivity index (χ4n) is 1.04. The smallest absolute Gasteiger partial charge is 0.411 e. The minimum absolute atomic E-state index is 0.185. The first-order valence-corrected chi connectivity index (χ1v) is 5.16.